The Hall–Kier alpha value is -1.44. The molecule has 1 aliphatic heterocycles. The first-order valence-electron chi connectivity index (χ1n) is 3.03. The van der Waals surface area contributed by atoms with Crippen LogP contribution in [0, 0.1) is 0 Å². The van der Waals surface area contributed by atoms with Crippen LogP contribution in [0.25, 0.3) is 0 Å². The van der Waals surface area contributed by atoms with Gasteiger partial charge >= 0.3 is 6.21 Å². The number of Topliss-reactive ketones (excluding diaryl/α,β-unsaturated/α-hetero) is 1. The number of benzene rings is 1. The molecular formula is C8H5NO+. The molecule has 1 aromatic carbocycles. The summed E-state index contributed by atoms with van der Waals surface area (Å²) in [5.41, 5.74) is 1.56. The summed E-state index contributed by atoms with van der Waals surface area (Å²) in [6, 6.07) is 7.36. The summed E-state index contributed by atoms with van der Waals surface area (Å²) >= 11 is 0. The van der Waals surface area contributed by atoms with Gasteiger partial charge in [-0.1, -0.05) is 12.1 Å². The number of nitrogens with one attached hydrogen (secondary N) is 1. The third-order valence-electron chi connectivity index (χ3n) is 1.48. The van der Waals surface area contributed by atoms with Gasteiger partial charge in [0.25, 0.3) is 5.78 Å². The SMILES string of the molecule is O=C1[C]=[NH+]c2ccccc21. The summed E-state index contributed by atoms with van der Waals surface area (Å²) in [6.45, 7) is 0. The van der Waals surface area contributed by atoms with Crippen molar-refractivity contribution < 1.29 is 9.79 Å². The van der Waals surface area contributed by atoms with Crippen molar-refractivity contribution in [3.8, 4) is 0 Å². The second kappa shape index (κ2) is 1.77. The number of hydrogen-bond acceptors (Lipinski definition) is 1. The minimum atomic E-state index is -0.0596. The smallest absolute Gasteiger partial charge is 0.281 e. The van der Waals surface area contributed by atoms with Crippen LogP contribution in [0.5, 0.6) is 0 Å². The van der Waals surface area contributed by atoms with Crippen LogP contribution in [-0.2, 0) is 0 Å². The second-order valence-electron chi connectivity index (χ2n) is 2.12. The summed E-state index contributed by atoms with van der Waals surface area (Å²) in [5, 5.41) is 0. The van der Waals surface area contributed by atoms with E-state index >= 15 is 0 Å². The number of hydrogen-bond donors (Lipinski definition) is 1. The summed E-state index contributed by atoms with van der Waals surface area (Å²) in [4.78, 5) is 13.6. The molecule has 0 saturated carbocycles. The lowest BCUT2D eigenvalue weighted by Crippen LogP contribution is -2.59. The van der Waals surface area contributed by atoms with E-state index in [0.29, 0.717) is 5.56 Å². The molecule has 2 rings (SSSR count). The van der Waals surface area contributed by atoms with E-state index in [2.05, 4.69) is 11.2 Å². The van der Waals surface area contributed by atoms with Gasteiger partial charge in [-0.05, 0) is 6.07 Å². The number of carbonyl (C=O) groups is 1. The largest absolute Gasteiger partial charge is 0.329 e. The number of carbonyl (C=O) groups excluding carboxylic acids is 1. The summed E-state index contributed by atoms with van der Waals surface area (Å²) in [5.74, 6) is -0.0596. The molecule has 0 spiro atoms. The quantitative estimate of drug-likeness (QED) is 0.507. The molecule has 0 amide bonds. The van der Waals surface area contributed by atoms with Crippen molar-refractivity contribution in [1.29, 1.82) is 0 Å². The van der Waals surface area contributed by atoms with Crippen LogP contribution in [0.1, 0.15) is 10.4 Å². The number of para-hydroxylation sites is 1. The zero-order chi connectivity index (χ0) is 6.97. The van der Waals surface area contributed by atoms with E-state index in [1.165, 1.54) is 0 Å². The Kier molecular flexibility index (Phi) is 0.947. The van der Waals surface area contributed by atoms with Crippen molar-refractivity contribution in [2.24, 2.45) is 0 Å². The molecule has 10 heavy (non-hydrogen) atoms. The van der Waals surface area contributed by atoms with E-state index in [0.717, 1.165) is 5.69 Å². The van der Waals surface area contributed by atoms with E-state index < -0.39 is 0 Å². The highest BCUT2D eigenvalue weighted by Crippen LogP contribution is 2.10. The van der Waals surface area contributed by atoms with Crippen molar-refractivity contribution in [2.75, 3.05) is 0 Å². The van der Waals surface area contributed by atoms with E-state index in [4.69, 9.17) is 0 Å². The molecule has 0 atom stereocenters. The summed E-state index contributed by atoms with van der Waals surface area (Å²) in [6.07, 6.45) is 2.50. The van der Waals surface area contributed by atoms with E-state index in [9.17, 15) is 4.79 Å². The van der Waals surface area contributed by atoms with Crippen molar-refractivity contribution >= 4 is 17.7 Å². The number of fused-ring (bicyclic) bond motifs is 1. The highest BCUT2D eigenvalue weighted by molar-refractivity contribution is 6.36. The van der Waals surface area contributed by atoms with Crippen LogP contribution in [0.4, 0.5) is 5.69 Å². The molecule has 2 heteroatoms. The molecule has 1 N–H and O–H groups in total. The fourth-order valence-electron chi connectivity index (χ4n) is 0.982. The fourth-order valence-corrected chi connectivity index (χ4v) is 0.982. The van der Waals surface area contributed by atoms with Gasteiger partial charge in [-0.25, -0.2) is 0 Å². The lowest BCUT2D eigenvalue weighted by Gasteiger charge is -1.84. The van der Waals surface area contributed by atoms with Gasteiger partial charge in [-0.3, -0.25) is 4.79 Å². The molecule has 0 aliphatic carbocycles. The Bertz CT molecular complexity index is 315. The molecule has 2 nitrogen and oxygen atoms in total. The van der Waals surface area contributed by atoms with Gasteiger partial charge in [0.15, 0.2) is 0 Å². The van der Waals surface area contributed by atoms with Gasteiger partial charge < -0.3 is 0 Å². The molecule has 0 unspecified atom stereocenters. The van der Waals surface area contributed by atoms with E-state index in [-0.39, 0.29) is 5.78 Å². The predicted molar refractivity (Wildman–Crippen MR) is 36.4 cm³/mol. The first kappa shape index (κ1) is 5.35. The van der Waals surface area contributed by atoms with Crippen LogP contribution in [0.15, 0.2) is 24.3 Å². The highest BCUT2D eigenvalue weighted by atomic mass is 16.1. The Morgan fingerprint density at radius 3 is 2.90 bits per heavy atom. The predicted octanol–water partition coefficient (Wildman–Crippen LogP) is -0.457. The maximum Gasteiger partial charge on any atom is 0.329 e. The Morgan fingerprint density at radius 1 is 1.30 bits per heavy atom. The molecule has 1 aromatic rings. The Balaban J connectivity index is 2.70. The minimum Gasteiger partial charge on any atom is -0.281 e. The van der Waals surface area contributed by atoms with Gasteiger partial charge in [0, 0.05) is 6.07 Å². The molecule has 47 valence electrons. The maximum atomic E-state index is 10.9. The minimum absolute atomic E-state index is 0.0596. The number of rotatable bonds is 0. The first-order chi connectivity index (χ1) is 4.88. The lowest BCUT2D eigenvalue weighted by atomic mass is 10.1. The van der Waals surface area contributed by atoms with Crippen LogP contribution in [-0.4, -0.2) is 12.0 Å². The van der Waals surface area contributed by atoms with Crippen molar-refractivity contribution in [1.82, 2.24) is 0 Å². The topological polar surface area (TPSA) is 31.0 Å². The summed E-state index contributed by atoms with van der Waals surface area (Å²) < 4.78 is 0. The maximum absolute atomic E-state index is 10.9. The summed E-state index contributed by atoms with van der Waals surface area (Å²) in [7, 11) is 0. The lowest BCUT2D eigenvalue weighted by molar-refractivity contribution is -0.342. The third-order valence-corrected chi connectivity index (χ3v) is 1.48. The van der Waals surface area contributed by atoms with Crippen LogP contribution in [0.3, 0.4) is 0 Å². The second-order valence-corrected chi connectivity index (χ2v) is 2.12. The van der Waals surface area contributed by atoms with Crippen molar-refractivity contribution in [3.05, 3.63) is 29.8 Å². The molecule has 1 aliphatic rings. The molecular weight excluding hydrogens is 126 g/mol. The van der Waals surface area contributed by atoms with Gasteiger partial charge in [-0.15, -0.1) is 0 Å². The molecule has 0 bridgehead atoms. The monoisotopic (exact) mass is 131 g/mol. The standard InChI is InChI=1S/C8H5NO/c10-8-5-9-7-4-2-1-3-6(7)8/h1-4,9H/q+1. The van der Waals surface area contributed by atoms with Gasteiger partial charge in [0.2, 0.25) is 5.69 Å². The molecule has 0 aromatic heterocycles. The normalized spacial score (nSPS) is 13.8. The van der Waals surface area contributed by atoms with Crippen molar-refractivity contribution in [3.63, 3.8) is 0 Å². The highest BCUT2D eigenvalue weighted by Gasteiger charge is 2.21. The molecule has 0 saturated heterocycles. The van der Waals surface area contributed by atoms with Gasteiger partial charge in [-0.2, -0.15) is 4.99 Å². The Morgan fingerprint density at radius 2 is 2.10 bits per heavy atom. The van der Waals surface area contributed by atoms with Crippen LogP contribution in [0.2, 0.25) is 0 Å². The Labute approximate surface area is 58.2 Å². The van der Waals surface area contributed by atoms with Crippen LogP contribution >= 0.6 is 0 Å². The average Bonchev–Trinajstić information content (AvgIpc) is 2.34. The fraction of sp³-hybridized carbons (Fsp3) is 0. The third kappa shape index (κ3) is 0.589. The first-order valence-corrected chi connectivity index (χ1v) is 3.03. The van der Waals surface area contributed by atoms with Crippen molar-refractivity contribution in [2.45, 2.75) is 0 Å². The average molecular weight is 131 g/mol. The molecule has 1 heterocycles. The van der Waals surface area contributed by atoms with E-state index in [1.54, 1.807) is 6.07 Å². The number of ketones is 1. The zero-order valence-electron chi connectivity index (χ0n) is 5.22. The molecule has 1 radical (unpaired) electrons. The van der Waals surface area contributed by atoms with Crippen LogP contribution < -0.4 is 4.99 Å². The van der Waals surface area contributed by atoms with Gasteiger partial charge in [0.1, 0.15) is 5.56 Å². The van der Waals surface area contributed by atoms with Gasteiger partial charge in [0.05, 0.1) is 0 Å². The zero-order valence-corrected chi connectivity index (χ0v) is 5.22. The molecule has 0 fully saturated rings. The van der Waals surface area contributed by atoms with E-state index in [1.807, 2.05) is 18.2 Å².